The second-order valence-electron chi connectivity index (χ2n) is 6.74. The Bertz CT molecular complexity index is 711. The van der Waals surface area contributed by atoms with Crippen molar-refractivity contribution in [2.24, 2.45) is 0 Å². The first kappa shape index (κ1) is 22.1. The topological polar surface area (TPSA) is 0 Å². The second kappa shape index (κ2) is 13.1. The summed E-state index contributed by atoms with van der Waals surface area (Å²) < 4.78 is 0. The third-order valence-corrected chi connectivity index (χ3v) is 4.48. The van der Waals surface area contributed by atoms with Crippen LogP contribution in [0.4, 0.5) is 0 Å². The van der Waals surface area contributed by atoms with E-state index in [1.54, 1.807) is 5.92 Å². The van der Waals surface area contributed by atoms with Gasteiger partial charge in [0.05, 0.1) is 0 Å². The number of rotatable bonds is 6. The molecule has 28 heavy (non-hydrogen) atoms. The Hall–Kier alpha value is -2.15. The van der Waals surface area contributed by atoms with Gasteiger partial charge in [-0.3, -0.25) is 6.08 Å². The van der Waals surface area contributed by atoms with Crippen LogP contribution in [0.15, 0.2) is 109 Å². The maximum absolute atomic E-state index is 2.99. The fourth-order valence-electron chi connectivity index (χ4n) is 3.18. The molecule has 1 heteroatoms. The van der Waals surface area contributed by atoms with Crippen LogP contribution in [-0.2, 0) is 41.0 Å². The van der Waals surface area contributed by atoms with Crippen molar-refractivity contribution in [2.75, 3.05) is 0 Å². The largest absolute Gasteiger partial charge is 2.00 e. The van der Waals surface area contributed by atoms with Crippen LogP contribution >= 0.6 is 0 Å². The summed E-state index contributed by atoms with van der Waals surface area (Å²) in [6.45, 7) is 0. The molecular weight excluding hydrogens is 372 g/mol. The summed E-state index contributed by atoms with van der Waals surface area (Å²) in [4.78, 5) is 0. The van der Waals surface area contributed by atoms with Gasteiger partial charge in [-0.15, -0.1) is 6.42 Å². The molecule has 3 aromatic carbocycles. The molecule has 0 bridgehead atoms. The van der Waals surface area contributed by atoms with Crippen molar-refractivity contribution in [3.05, 3.63) is 138 Å². The van der Waals surface area contributed by atoms with Gasteiger partial charge in [-0.05, 0) is 0 Å². The maximum Gasteiger partial charge on any atom is 2.00 e. The van der Waals surface area contributed by atoms with Crippen molar-refractivity contribution < 1.29 is 21.7 Å². The molecular formula is C27H26Ti. The molecule has 0 aliphatic heterocycles. The zero-order chi connectivity index (χ0) is 18.6. The van der Waals surface area contributed by atoms with Crippen LogP contribution in [0.1, 0.15) is 23.1 Å². The summed E-state index contributed by atoms with van der Waals surface area (Å²) in [5.74, 6) is 1.56. The molecule has 0 atom stereocenters. The first-order valence-electron chi connectivity index (χ1n) is 9.57. The molecule has 0 saturated carbocycles. The van der Waals surface area contributed by atoms with E-state index in [1.165, 1.54) is 16.7 Å². The fraction of sp³-hybridized carbons (Fsp3) is 0.148. The van der Waals surface area contributed by atoms with Crippen molar-refractivity contribution in [3.8, 4) is 0 Å². The molecule has 4 rings (SSSR count). The normalized spacial score (nSPS) is 11.6. The Labute approximate surface area is 184 Å². The van der Waals surface area contributed by atoms with Crippen molar-refractivity contribution in [2.45, 2.75) is 25.7 Å². The Morgan fingerprint density at radius 2 is 1.00 bits per heavy atom. The van der Waals surface area contributed by atoms with Gasteiger partial charge in [0.15, 0.2) is 0 Å². The SMILES string of the molecule is [C-]1=CC=CC1.[Ti+2].c1ccc(C[C-](Cc2ccccc2)Cc2ccccc2)cc1. The summed E-state index contributed by atoms with van der Waals surface area (Å²) in [6.07, 6.45) is 13.1. The van der Waals surface area contributed by atoms with Gasteiger partial charge in [0.1, 0.15) is 0 Å². The van der Waals surface area contributed by atoms with E-state index in [4.69, 9.17) is 0 Å². The Morgan fingerprint density at radius 1 is 0.607 bits per heavy atom. The number of benzene rings is 3. The van der Waals surface area contributed by atoms with Crippen molar-refractivity contribution in [1.29, 1.82) is 0 Å². The van der Waals surface area contributed by atoms with Crippen molar-refractivity contribution >= 4 is 0 Å². The zero-order valence-electron chi connectivity index (χ0n) is 16.2. The van der Waals surface area contributed by atoms with E-state index in [0.717, 1.165) is 25.7 Å². The van der Waals surface area contributed by atoms with Gasteiger partial charge in [-0.2, -0.15) is 25.3 Å². The smallest absolute Gasteiger partial charge is 0.301 e. The van der Waals surface area contributed by atoms with Gasteiger partial charge >= 0.3 is 21.7 Å². The molecule has 0 spiro atoms. The molecule has 0 aromatic heterocycles. The minimum Gasteiger partial charge on any atom is -0.301 e. The van der Waals surface area contributed by atoms with E-state index in [1.807, 2.05) is 12.2 Å². The summed E-state index contributed by atoms with van der Waals surface area (Å²) >= 11 is 0. The molecule has 3 aromatic rings. The van der Waals surface area contributed by atoms with E-state index >= 15 is 0 Å². The van der Waals surface area contributed by atoms with Gasteiger partial charge in [-0.1, -0.05) is 108 Å². The number of hydrogen-bond acceptors (Lipinski definition) is 0. The third-order valence-electron chi connectivity index (χ3n) is 4.48. The second-order valence-corrected chi connectivity index (χ2v) is 6.74. The van der Waals surface area contributed by atoms with Crippen LogP contribution < -0.4 is 0 Å². The number of allylic oxidation sites excluding steroid dienone is 4. The fourth-order valence-corrected chi connectivity index (χ4v) is 3.18. The quantitative estimate of drug-likeness (QED) is 0.324. The van der Waals surface area contributed by atoms with Crippen LogP contribution in [0.25, 0.3) is 0 Å². The van der Waals surface area contributed by atoms with E-state index in [9.17, 15) is 0 Å². The minimum absolute atomic E-state index is 0. The summed E-state index contributed by atoms with van der Waals surface area (Å²) in [5.41, 5.74) is 4.18. The van der Waals surface area contributed by atoms with Crippen LogP contribution in [0.2, 0.25) is 0 Å². The van der Waals surface area contributed by atoms with Crippen LogP contribution in [-0.4, -0.2) is 0 Å². The van der Waals surface area contributed by atoms with Gasteiger partial charge in [0.2, 0.25) is 0 Å². The number of hydrogen-bond donors (Lipinski definition) is 0. The average molecular weight is 398 g/mol. The summed E-state index contributed by atoms with van der Waals surface area (Å²) in [6, 6.07) is 32.3. The van der Waals surface area contributed by atoms with E-state index < -0.39 is 0 Å². The molecule has 0 amide bonds. The van der Waals surface area contributed by atoms with E-state index in [0.29, 0.717) is 0 Å². The minimum atomic E-state index is 0. The van der Waals surface area contributed by atoms with Gasteiger partial charge < -0.3 is 5.92 Å². The maximum atomic E-state index is 2.99. The first-order chi connectivity index (χ1) is 13.4. The monoisotopic (exact) mass is 398 g/mol. The Kier molecular flexibility index (Phi) is 10.4. The van der Waals surface area contributed by atoms with E-state index in [-0.39, 0.29) is 21.7 Å². The molecule has 0 heterocycles. The molecule has 0 N–H and O–H groups in total. The van der Waals surface area contributed by atoms with Crippen LogP contribution in [0.3, 0.4) is 0 Å². The van der Waals surface area contributed by atoms with Crippen LogP contribution in [0.5, 0.6) is 0 Å². The average Bonchev–Trinajstić information content (AvgIpc) is 3.30. The van der Waals surface area contributed by atoms with Crippen molar-refractivity contribution in [1.82, 2.24) is 0 Å². The zero-order valence-corrected chi connectivity index (χ0v) is 17.8. The molecule has 0 saturated heterocycles. The standard InChI is InChI=1S/C22H21.C5H5.Ti/c1-4-10-19(11-5-1)16-22(17-20-12-6-2-7-13-20)18-21-14-8-3-9-15-21;1-2-4-5-3-1;/h1-15H,16-18H2;1-3H,4H2;/q2*-1;+2. The molecule has 0 unspecified atom stereocenters. The Balaban J connectivity index is 0.000000408. The third kappa shape index (κ3) is 8.25. The Morgan fingerprint density at radius 3 is 1.25 bits per heavy atom. The van der Waals surface area contributed by atoms with Crippen molar-refractivity contribution in [3.63, 3.8) is 0 Å². The molecule has 0 fully saturated rings. The summed E-state index contributed by atoms with van der Waals surface area (Å²) in [7, 11) is 0. The van der Waals surface area contributed by atoms with Gasteiger partial charge in [0, 0.05) is 0 Å². The molecule has 0 radical (unpaired) electrons. The summed E-state index contributed by atoms with van der Waals surface area (Å²) in [5, 5.41) is 0. The van der Waals surface area contributed by atoms with Crippen LogP contribution in [0, 0.1) is 12.0 Å². The molecule has 1 aliphatic carbocycles. The predicted octanol–water partition coefficient (Wildman–Crippen LogP) is 6.59. The van der Waals surface area contributed by atoms with Gasteiger partial charge in [-0.25, -0.2) is 12.2 Å². The first-order valence-corrected chi connectivity index (χ1v) is 9.57. The molecule has 0 nitrogen and oxygen atoms in total. The molecule has 1 aliphatic rings. The predicted molar refractivity (Wildman–Crippen MR) is 115 cm³/mol. The van der Waals surface area contributed by atoms with Gasteiger partial charge in [0.25, 0.3) is 0 Å². The van der Waals surface area contributed by atoms with E-state index in [2.05, 4.69) is 103 Å². The molecule has 138 valence electrons.